The van der Waals surface area contributed by atoms with Crippen molar-refractivity contribution in [2.45, 2.75) is 64.4 Å². The van der Waals surface area contributed by atoms with Crippen LogP contribution in [-0.4, -0.2) is 41.9 Å². The first-order valence-corrected chi connectivity index (χ1v) is 12.4. The van der Waals surface area contributed by atoms with Gasteiger partial charge in [-0.25, -0.2) is 0 Å². The van der Waals surface area contributed by atoms with E-state index in [2.05, 4.69) is 0 Å². The number of hydrogen-bond donors (Lipinski definition) is 1. The highest BCUT2D eigenvalue weighted by Gasteiger charge is 2.48. The molecule has 0 unspecified atom stereocenters. The smallest absolute Gasteiger partial charge is 0.303 e. The van der Waals surface area contributed by atoms with Crippen LogP contribution in [-0.2, 0) is 48.3 Å². The molecule has 202 valence electrons. The molecule has 0 amide bonds. The second-order valence-corrected chi connectivity index (χ2v) is 9.06. The molecule has 3 aromatic carbocycles. The van der Waals surface area contributed by atoms with Gasteiger partial charge in [0.15, 0.2) is 12.4 Å². The third-order valence-electron chi connectivity index (χ3n) is 6.17. The Balaban J connectivity index is 1.53. The van der Waals surface area contributed by atoms with E-state index in [0.717, 1.165) is 16.7 Å². The lowest BCUT2D eigenvalue weighted by Gasteiger charge is -2.44. The van der Waals surface area contributed by atoms with E-state index in [-0.39, 0.29) is 24.1 Å². The van der Waals surface area contributed by atoms with Gasteiger partial charge < -0.3 is 34.1 Å². The number of carbonyl (C=O) groups is 1. The number of hydrogen-bond acceptors (Lipinski definition) is 9. The maximum atomic E-state index is 12.1. The molecule has 1 fully saturated rings. The van der Waals surface area contributed by atoms with Gasteiger partial charge in [0, 0.05) is 6.92 Å². The van der Waals surface area contributed by atoms with Crippen molar-refractivity contribution in [3.8, 4) is 0 Å². The Kier molecular flexibility index (Phi) is 9.83. The Labute approximate surface area is 222 Å². The van der Waals surface area contributed by atoms with Crippen LogP contribution in [0.3, 0.4) is 0 Å². The molecule has 1 N–H and O–H groups in total. The molecule has 5 atom stereocenters. The van der Waals surface area contributed by atoms with Crippen molar-refractivity contribution in [1.82, 2.24) is 0 Å². The maximum Gasteiger partial charge on any atom is 0.303 e. The van der Waals surface area contributed by atoms with Crippen molar-refractivity contribution in [2.24, 2.45) is 0 Å². The van der Waals surface area contributed by atoms with Crippen LogP contribution >= 0.6 is 0 Å². The zero-order valence-corrected chi connectivity index (χ0v) is 21.3. The van der Waals surface area contributed by atoms with Gasteiger partial charge in [0.2, 0.25) is 0 Å². The van der Waals surface area contributed by atoms with Gasteiger partial charge in [-0.05, 0) is 35.7 Å². The average Bonchev–Trinajstić information content (AvgIpc) is 2.92. The summed E-state index contributed by atoms with van der Waals surface area (Å²) in [6.45, 7) is 3.92. The van der Waals surface area contributed by atoms with Gasteiger partial charge in [0.25, 0.3) is 0 Å². The predicted molar refractivity (Wildman–Crippen MR) is 139 cm³/mol. The summed E-state index contributed by atoms with van der Waals surface area (Å²) in [6, 6.07) is 25.7. The molecule has 3 aromatic rings. The fourth-order valence-corrected chi connectivity index (χ4v) is 4.28. The molecule has 0 bridgehead atoms. The monoisotopic (exact) mass is 522 g/mol. The van der Waals surface area contributed by atoms with E-state index >= 15 is 0 Å². The minimum absolute atomic E-state index is 0.0989. The van der Waals surface area contributed by atoms with Gasteiger partial charge in [-0.2, -0.15) is 0 Å². The zero-order valence-electron chi connectivity index (χ0n) is 21.3. The van der Waals surface area contributed by atoms with Crippen molar-refractivity contribution >= 4 is 11.7 Å². The third-order valence-corrected chi connectivity index (χ3v) is 6.17. The molecule has 0 aromatic heterocycles. The summed E-state index contributed by atoms with van der Waals surface area (Å²) in [5.41, 5.74) is 2.79. The van der Waals surface area contributed by atoms with Crippen molar-refractivity contribution in [2.75, 3.05) is 5.23 Å². The van der Waals surface area contributed by atoms with Crippen LogP contribution in [0.2, 0.25) is 0 Å². The molecule has 1 aliphatic heterocycles. The number of esters is 1. The standard InChI is InChI=1S/C29H32NO8/c1-20-26(34-17-22-9-5-3-6-10-22)27(35-18-23-11-7-4-8-12-23)28(38-21(2)31)29(37-20)36-19-24-13-15-25(16-14-24)30(32)33/h3-16,20,26-29,32H,17-19H2,1-2H3/q-1/t20-,26-,27-,28+,29+/m0/s1. The molecular weight excluding hydrogens is 490 g/mol. The summed E-state index contributed by atoms with van der Waals surface area (Å²) in [5.74, 6) is -0.500. The summed E-state index contributed by atoms with van der Waals surface area (Å²) >= 11 is 0. The quantitative estimate of drug-likeness (QED) is 0.282. The predicted octanol–water partition coefficient (Wildman–Crippen LogP) is 4.74. The van der Waals surface area contributed by atoms with Gasteiger partial charge in [-0.15, -0.1) is 0 Å². The van der Waals surface area contributed by atoms with Crippen LogP contribution in [0, 0.1) is 5.21 Å². The lowest BCUT2D eigenvalue weighted by molar-refractivity contribution is -0.314. The molecule has 9 heteroatoms. The van der Waals surface area contributed by atoms with E-state index in [1.54, 1.807) is 12.1 Å². The number of nitrogens with zero attached hydrogens (tertiary/aromatic N) is 1. The molecule has 1 heterocycles. The number of anilines is 1. The summed E-state index contributed by atoms with van der Waals surface area (Å²) in [4.78, 5) is 12.1. The molecule has 0 saturated carbocycles. The van der Waals surface area contributed by atoms with Gasteiger partial charge in [-0.1, -0.05) is 72.8 Å². The average molecular weight is 523 g/mol. The minimum atomic E-state index is -0.931. The molecule has 4 rings (SSSR count). The summed E-state index contributed by atoms with van der Waals surface area (Å²) in [6.07, 6.45) is -3.50. The summed E-state index contributed by atoms with van der Waals surface area (Å²) < 4.78 is 30.6. The summed E-state index contributed by atoms with van der Waals surface area (Å²) in [5, 5.41) is 19.9. The lowest BCUT2D eigenvalue weighted by Crippen LogP contribution is -2.60. The Morgan fingerprint density at radius 2 is 1.29 bits per heavy atom. The van der Waals surface area contributed by atoms with Crippen LogP contribution in [0.15, 0.2) is 84.9 Å². The number of carbonyl (C=O) groups excluding carboxylic acids is 1. The zero-order chi connectivity index (χ0) is 26.9. The highest BCUT2D eigenvalue weighted by atomic mass is 16.8. The molecule has 38 heavy (non-hydrogen) atoms. The van der Waals surface area contributed by atoms with Crippen molar-refractivity contribution in [1.29, 1.82) is 0 Å². The van der Waals surface area contributed by atoms with Crippen LogP contribution in [0.25, 0.3) is 0 Å². The van der Waals surface area contributed by atoms with Crippen molar-refractivity contribution < 1.29 is 33.7 Å². The molecule has 1 saturated heterocycles. The van der Waals surface area contributed by atoms with Crippen LogP contribution in [0.1, 0.15) is 30.5 Å². The first-order chi connectivity index (χ1) is 18.4. The van der Waals surface area contributed by atoms with E-state index in [4.69, 9.17) is 28.9 Å². The van der Waals surface area contributed by atoms with Crippen LogP contribution in [0.5, 0.6) is 0 Å². The Morgan fingerprint density at radius 1 is 0.789 bits per heavy atom. The van der Waals surface area contributed by atoms with Gasteiger partial charge in [0.05, 0.1) is 31.6 Å². The van der Waals surface area contributed by atoms with Gasteiger partial charge in [-0.3, -0.25) is 10.0 Å². The molecule has 0 radical (unpaired) electrons. The van der Waals surface area contributed by atoms with Crippen molar-refractivity contribution in [3.63, 3.8) is 0 Å². The highest BCUT2D eigenvalue weighted by molar-refractivity contribution is 5.66. The SMILES string of the molecule is CC(=O)O[C@H]1[C@H](OCc2ccc(N([O-])O)cc2)O[C@@H](C)[C@H](OCc2ccccc2)[C@@H]1OCc1ccccc1. The maximum absolute atomic E-state index is 12.1. The van der Waals surface area contributed by atoms with Gasteiger partial charge >= 0.3 is 5.97 Å². The highest BCUT2D eigenvalue weighted by Crippen LogP contribution is 2.31. The van der Waals surface area contributed by atoms with E-state index < -0.39 is 36.7 Å². The second-order valence-electron chi connectivity index (χ2n) is 9.06. The Morgan fingerprint density at radius 3 is 1.82 bits per heavy atom. The van der Waals surface area contributed by atoms with Crippen molar-refractivity contribution in [3.05, 3.63) is 107 Å². The van der Waals surface area contributed by atoms with Crippen LogP contribution < -0.4 is 5.23 Å². The minimum Gasteiger partial charge on any atom is -0.733 e. The molecule has 9 nitrogen and oxygen atoms in total. The molecule has 0 spiro atoms. The first kappa shape index (κ1) is 27.7. The fourth-order valence-electron chi connectivity index (χ4n) is 4.28. The normalized spacial score (nSPS) is 23.1. The number of benzene rings is 3. The molecule has 1 aliphatic rings. The lowest BCUT2D eigenvalue weighted by atomic mass is 9.98. The first-order valence-electron chi connectivity index (χ1n) is 12.4. The number of rotatable bonds is 11. The fraction of sp³-hybridized carbons (Fsp3) is 0.345. The van der Waals surface area contributed by atoms with Crippen LogP contribution in [0.4, 0.5) is 5.69 Å². The van der Waals surface area contributed by atoms with E-state index in [1.165, 1.54) is 19.1 Å². The molecular formula is C29H32NO8-. The van der Waals surface area contributed by atoms with E-state index in [9.17, 15) is 10.0 Å². The topological polar surface area (TPSA) is 110 Å². The van der Waals surface area contributed by atoms with E-state index in [0.29, 0.717) is 6.61 Å². The second kappa shape index (κ2) is 13.5. The summed E-state index contributed by atoms with van der Waals surface area (Å²) in [7, 11) is 0. The number of ether oxygens (including phenoxy) is 5. The molecule has 0 aliphatic carbocycles. The largest absolute Gasteiger partial charge is 0.733 e. The van der Waals surface area contributed by atoms with E-state index in [1.807, 2.05) is 67.6 Å². The van der Waals surface area contributed by atoms with Gasteiger partial charge in [0.1, 0.15) is 12.2 Å². The third kappa shape index (κ3) is 7.61. The Hall–Kier alpha value is -3.31. The Bertz CT molecular complexity index is 1130.